The third-order valence-electron chi connectivity index (χ3n) is 4.74. The van der Waals surface area contributed by atoms with Crippen LogP contribution in [-0.4, -0.2) is 85.1 Å². The Morgan fingerprint density at radius 1 is 1.32 bits per heavy atom. The molecule has 0 radical (unpaired) electrons. The molecule has 144 valence electrons. The molecule has 0 aromatic rings. The Morgan fingerprint density at radius 3 is 2.68 bits per heavy atom. The van der Waals surface area contributed by atoms with Gasteiger partial charge < -0.3 is 19.6 Å². The van der Waals surface area contributed by atoms with E-state index in [0.29, 0.717) is 19.4 Å². The fourth-order valence-electron chi connectivity index (χ4n) is 3.38. The van der Waals surface area contributed by atoms with E-state index in [1.165, 1.54) is 4.90 Å². The Morgan fingerprint density at radius 2 is 2.04 bits per heavy atom. The molecule has 10 heteroatoms. The first kappa shape index (κ1) is 19.9. The molecule has 0 aliphatic carbocycles. The number of carbonyl (C=O) groups excluding carboxylic acids is 2. The predicted octanol–water partition coefficient (Wildman–Crippen LogP) is 0.737. The minimum absolute atomic E-state index is 0.117. The summed E-state index contributed by atoms with van der Waals surface area (Å²) in [7, 11) is 0. The Labute approximate surface area is 142 Å². The zero-order chi connectivity index (χ0) is 18.7. The molecule has 2 heterocycles. The van der Waals surface area contributed by atoms with Crippen molar-refractivity contribution in [2.45, 2.75) is 31.6 Å². The van der Waals surface area contributed by atoms with Gasteiger partial charge in [-0.2, -0.15) is 8.78 Å². The molecule has 2 aliphatic rings. The molecule has 0 aromatic carbocycles. The van der Waals surface area contributed by atoms with Gasteiger partial charge in [0.05, 0.1) is 12.0 Å². The summed E-state index contributed by atoms with van der Waals surface area (Å²) in [6.07, 6.45) is -2.03. The van der Waals surface area contributed by atoms with Crippen molar-refractivity contribution in [1.82, 2.24) is 9.80 Å². The van der Waals surface area contributed by atoms with E-state index in [-0.39, 0.29) is 32.1 Å². The van der Waals surface area contributed by atoms with Crippen molar-refractivity contribution in [3.8, 4) is 0 Å². The average Bonchev–Trinajstić information content (AvgIpc) is 2.97. The van der Waals surface area contributed by atoms with Crippen molar-refractivity contribution >= 4 is 11.8 Å². The monoisotopic (exact) mass is 370 g/mol. The number of aliphatic hydroxyl groups excluding tert-OH is 1. The summed E-state index contributed by atoms with van der Waals surface area (Å²) in [5, 5.41) is 9.02. The van der Waals surface area contributed by atoms with Gasteiger partial charge in [0.25, 0.3) is 0 Å². The summed E-state index contributed by atoms with van der Waals surface area (Å²) in [6.45, 7) is -1.17. The highest BCUT2D eigenvalue weighted by Gasteiger charge is 2.49. The number of halogens is 4. The Bertz CT molecular complexity index is 504. The Hall–Kier alpha value is -1.42. The van der Waals surface area contributed by atoms with Crippen LogP contribution in [0, 0.1) is 5.41 Å². The number of β-amino-alcohol motifs (C(OH)–C–C–N with tert-alkyl or cyclic N) is 1. The minimum atomic E-state index is -4.29. The van der Waals surface area contributed by atoms with E-state index in [1.54, 1.807) is 4.90 Å². The summed E-state index contributed by atoms with van der Waals surface area (Å²) in [5.74, 6) is -5.02. The largest absolute Gasteiger partial charge is 0.395 e. The van der Waals surface area contributed by atoms with E-state index in [1.807, 2.05) is 0 Å². The number of carbonyl (C=O) groups is 2. The molecule has 2 amide bonds. The van der Waals surface area contributed by atoms with Gasteiger partial charge in [0.15, 0.2) is 0 Å². The average molecular weight is 370 g/mol. The molecule has 1 atom stereocenters. The number of piperidine rings is 1. The first-order valence-corrected chi connectivity index (χ1v) is 8.13. The van der Waals surface area contributed by atoms with E-state index < -0.39 is 36.9 Å². The van der Waals surface area contributed by atoms with Gasteiger partial charge in [0.1, 0.15) is 13.2 Å². The maximum atomic E-state index is 12.8. The fraction of sp³-hybridized carbons (Fsp3) is 0.867. The molecule has 2 aliphatic heterocycles. The van der Waals surface area contributed by atoms with Gasteiger partial charge in [0.2, 0.25) is 11.8 Å². The summed E-state index contributed by atoms with van der Waals surface area (Å²) in [4.78, 5) is 27.6. The molecule has 0 aromatic heterocycles. The Kier molecular flexibility index (Phi) is 6.26. The second-order valence-electron chi connectivity index (χ2n) is 6.52. The van der Waals surface area contributed by atoms with E-state index in [4.69, 9.17) is 5.11 Å². The maximum absolute atomic E-state index is 12.8. The van der Waals surface area contributed by atoms with Crippen LogP contribution in [0.2, 0.25) is 0 Å². The zero-order valence-corrected chi connectivity index (χ0v) is 13.7. The molecular weight excluding hydrogens is 348 g/mol. The summed E-state index contributed by atoms with van der Waals surface area (Å²) in [5.41, 5.74) is -0.712. The lowest BCUT2D eigenvalue weighted by Crippen LogP contribution is -2.51. The molecule has 1 N–H and O–H groups in total. The number of ether oxygens (including phenoxy) is 1. The molecule has 2 rings (SSSR count). The third-order valence-corrected chi connectivity index (χ3v) is 4.74. The van der Waals surface area contributed by atoms with Gasteiger partial charge >= 0.3 is 12.3 Å². The van der Waals surface area contributed by atoms with Crippen LogP contribution >= 0.6 is 0 Å². The quantitative estimate of drug-likeness (QED) is 0.671. The number of likely N-dealkylation sites (tertiary alicyclic amines) is 2. The van der Waals surface area contributed by atoms with Crippen molar-refractivity contribution in [3.63, 3.8) is 0 Å². The molecule has 2 saturated heterocycles. The second kappa shape index (κ2) is 7.86. The summed E-state index contributed by atoms with van der Waals surface area (Å²) < 4.78 is 54.0. The van der Waals surface area contributed by atoms with Gasteiger partial charge in [-0.15, -0.1) is 0 Å². The van der Waals surface area contributed by atoms with E-state index in [0.717, 1.165) is 6.42 Å². The number of alkyl halides is 4. The van der Waals surface area contributed by atoms with Gasteiger partial charge in [0, 0.05) is 26.2 Å². The first-order chi connectivity index (χ1) is 11.7. The lowest BCUT2D eigenvalue weighted by molar-refractivity contribution is -0.170. The number of nitrogens with zero attached hydrogens (tertiary/aromatic N) is 2. The normalized spacial score (nSPS) is 24.6. The molecule has 2 fully saturated rings. The molecule has 0 saturated carbocycles. The van der Waals surface area contributed by atoms with Crippen molar-refractivity contribution < 1.29 is 37.0 Å². The number of hydrogen-bond donors (Lipinski definition) is 1. The van der Waals surface area contributed by atoms with Gasteiger partial charge in [-0.1, -0.05) is 0 Å². The highest BCUT2D eigenvalue weighted by atomic mass is 19.3. The van der Waals surface area contributed by atoms with Crippen LogP contribution in [-0.2, 0) is 14.3 Å². The first-order valence-electron chi connectivity index (χ1n) is 8.13. The summed E-state index contributed by atoms with van der Waals surface area (Å²) in [6, 6.07) is 0. The number of amides is 2. The van der Waals surface area contributed by atoms with Crippen LogP contribution in [0.1, 0.15) is 19.3 Å². The van der Waals surface area contributed by atoms with Crippen LogP contribution in [0.5, 0.6) is 0 Å². The SMILES string of the molecule is O=C(COCC(F)(F)C(F)F)N1CC[C@]2(CCCN(CCO)C2=O)C1. The number of hydrogen-bond acceptors (Lipinski definition) is 4. The van der Waals surface area contributed by atoms with E-state index in [2.05, 4.69) is 4.74 Å². The van der Waals surface area contributed by atoms with E-state index in [9.17, 15) is 27.2 Å². The molecular formula is C15H22F4N2O4. The highest BCUT2D eigenvalue weighted by Crippen LogP contribution is 2.40. The molecule has 6 nitrogen and oxygen atoms in total. The van der Waals surface area contributed by atoms with Crippen LogP contribution < -0.4 is 0 Å². The van der Waals surface area contributed by atoms with Gasteiger partial charge in [-0.25, -0.2) is 8.78 Å². The van der Waals surface area contributed by atoms with Crippen LogP contribution in [0.25, 0.3) is 0 Å². The van der Waals surface area contributed by atoms with Crippen LogP contribution in [0.15, 0.2) is 0 Å². The third kappa shape index (κ3) is 4.41. The predicted molar refractivity (Wildman–Crippen MR) is 78.3 cm³/mol. The van der Waals surface area contributed by atoms with Crippen molar-refractivity contribution in [1.29, 1.82) is 0 Å². The van der Waals surface area contributed by atoms with Crippen molar-refractivity contribution in [2.75, 3.05) is 46.0 Å². The van der Waals surface area contributed by atoms with Crippen molar-refractivity contribution in [2.24, 2.45) is 5.41 Å². The number of rotatable bonds is 7. The van der Waals surface area contributed by atoms with Crippen molar-refractivity contribution in [3.05, 3.63) is 0 Å². The standard InChI is InChI=1S/C15H22F4N2O4/c16-12(17)15(18,19)10-25-8-11(23)21-5-3-14(9-21)2-1-4-20(6-7-22)13(14)24/h12,22H,1-10H2/t14-/m1/s1. The molecule has 25 heavy (non-hydrogen) atoms. The maximum Gasteiger partial charge on any atom is 0.330 e. The van der Waals surface area contributed by atoms with Crippen LogP contribution in [0.3, 0.4) is 0 Å². The smallest absolute Gasteiger partial charge is 0.330 e. The van der Waals surface area contributed by atoms with Crippen LogP contribution in [0.4, 0.5) is 17.6 Å². The molecule has 0 unspecified atom stereocenters. The second-order valence-corrected chi connectivity index (χ2v) is 6.52. The van der Waals surface area contributed by atoms with Gasteiger partial charge in [-0.05, 0) is 19.3 Å². The van der Waals surface area contributed by atoms with E-state index >= 15 is 0 Å². The lowest BCUT2D eigenvalue weighted by atomic mass is 9.78. The topological polar surface area (TPSA) is 70.1 Å². The minimum Gasteiger partial charge on any atom is -0.395 e. The fourth-order valence-corrected chi connectivity index (χ4v) is 3.38. The lowest BCUT2D eigenvalue weighted by Gasteiger charge is -2.39. The number of aliphatic hydroxyl groups is 1. The molecule has 0 bridgehead atoms. The summed E-state index contributed by atoms with van der Waals surface area (Å²) >= 11 is 0. The molecule has 1 spiro atoms. The van der Waals surface area contributed by atoms with Gasteiger partial charge in [-0.3, -0.25) is 9.59 Å². The Balaban J connectivity index is 1.87. The zero-order valence-electron chi connectivity index (χ0n) is 13.7. The highest BCUT2D eigenvalue weighted by molar-refractivity contribution is 5.86.